The summed E-state index contributed by atoms with van der Waals surface area (Å²) in [5.74, 6) is 0.0169. The Morgan fingerprint density at radius 3 is 2.52 bits per heavy atom. The van der Waals surface area contributed by atoms with Gasteiger partial charge in [-0.3, -0.25) is 4.79 Å². The molecular formula is C18H24N2O4S. The van der Waals surface area contributed by atoms with Gasteiger partial charge in [-0.2, -0.15) is 4.31 Å². The third kappa shape index (κ3) is 2.98. The average Bonchev–Trinajstić information content (AvgIpc) is 3.22. The van der Waals surface area contributed by atoms with Gasteiger partial charge < -0.3 is 9.64 Å². The Morgan fingerprint density at radius 2 is 1.80 bits per heavy atom. The fraction of sp³-hybridized carbons (Fsp3) is 0.611. The van der Waals surface area contributed by atoms with Crippen LogP contribution in [-0.2, 0) is 19.6 Å². The van der Waals surface area contributed by atoms with E-state index in [4.69, 9.17) is 4.74 Å². The number of benzene rings is 1. The molecule has 1 aromatic carbocycles. The molecule has 1 saturated carbocycles. The topological polar surface area (TPSA) is 66.9 Å². The number of sulfonamides is 1. The maximum Gasteiger partial charge on any atom is 0.244 e. The Balaban J connectivity index is 1.66. The number of fused-ring (bicyclic) bond motifs is 1. The number of morpholine rings is 1. The van der Waals surface area contributed by atoms with Crippen molar-refractivity contribution >= 4 is 15.9 Å². The van der Waals surface area contributed by atoms with E-state index in [1.54, 1.807) is 21.3 Å². The molecule has 0 spiro atoms. The van der Waals surface area contributed by atoms with Gasteiger partial charge in [0, 0.05) is 25.6 Å². The quantitative estimate of drug-likeness (QED) is 0.822. The normalized spacial score (nSPS) is 26.7. The minimum Gasteiger partial charge on any atom is -0.378 e. The van der Waals surface area contributed by atoms with Gasteiger partial charge >= 0.3 is 0 Å². The molecule has 0 radical (unpaired) electrons. The lowest BCUT2D eigenvalue weighted by Gasteiger charge is -2.32. The SMILES string of the molecule is O=C(CC1c2ccccc2S(=O)(=O)N1C1CCCC1)N1CCOCC1. The van der Waals surface area contributed by atoms with E-state index in [9.17, 15) is 13.2 Å². The number of hydrogen-bond acceptors (Lipinski definition) is 4. The number of carbonyl (C=O) groups is 1. The zero-order valence-electron chi connectivity index (χ0n) is 14.3. The van der Waals surface area contributed by atoms with Crippen LogP contribution in [0.3, 0.4) is 0 Å². The fourth-order valence-corrected chi connectivity index (χ4v) is 6.43. The summed E-state index contributed by atoms with van der Waals surface area (Å²) in [4.78, 5) is 15.0. The van der Waals surface area contributed by atoms with Crippen LogP contribution in [0.15, 0.2) is 29.2 Å². The molecule has 136 valence electrons. The molecule has 1 atom stereocenters. The number of hydrogen-bond donors (Lipinski definition) is 0. The van der Waals surface area contributed by atoms with Gasteiger partial charge in [-0.05, 0) is 24.5 Å². The molecule has 1 saturated heterocycles. The minimum atomic E-state index is -3.52. The highest BCUT2D eigenvalue weighted by molar-refractivity contribution is 7.89. The summed E-state index contributed by atoms with van der Waals surface area (Å²) in [6.07, 6.45) is 4.09. The van der Waals surface area contributed by atoms with Gasteiger partial charge in [0.1, 0.15) is 0 Å². The van der Waals surface area contributed by atoms with Crippen molar-refractivity contribution in [2.24, 2.45) is 0 Å². The van der Waals surface area contributed by atoms with Gasteiger partial charge in [0.15, 0.2) is 0 Å². The van der Waals surface area contributed by atoms with E-state index in [1.807, 2.05) is 12.1 Å². The van der Waals surface area contributed by atoms with E-state index in [1.165, 1.54) is 0 Å². The third-order valence-electron chi connectivity index (χ3n) is 5.56. The highest BCUT2D eigenvalue weighted by atomic mass is 32.2. The zero-order chi connectivity index (χ0) is 17.4. The molecule has 1 aliphatic carbocycles. The predicted octanol–water partition coefficient (Wildman–Crippen LogP) is 1.92. The molecule has 1 unspecified atom stereocenters. The molecule has 0 bridgehead atoms. The number of rotatable bonds is 3. The first kappa shape index (κ1) is 17.0. The summed E-state index contributed by atoms with van der Waals surface area (Å²) in [7, 11) is -3.52. The molecule has 4 rings (SSSR count). The second kappa shape index (κ2) is 6.70. The number of ether oxygens (including phenoxy) is 1. The van der Waals surface area contributed by atoms with Crippen LogP contribution < -0.4 is 0 Å². The summed E-state index contributed by atoms with van der Waals surface area (Å²) < 4.78 is 33.2. The van der Waals surface area contributed by atoms with Gasteiger partial charge in [-0.1, -0.05) is 31.0 Å². The second-order valence-electron chi connectivity index (χ2n) is 7.02. The molecule has 7 heteroatoms. The molecule has 6 nitrogen and oxygen atoms in total. The monoisotopic (exact) mass is 364 g/mol. The Hall–Kier alpha value is -1.44. The predicted molar refractivity (Wildman–Crippen MR) is 92.5 cm³/mol. The number of nitrogens with zero attached hydrogens (tertiary/aromatic N) is 2. The summed E-state index contributed by atoms with van der Waals surface area (Å²) in [6.45, 7) is 2.28. The molecular weight excluding hydrogens is 340 g/mol. The number of carbonyl (C=O) groups excluding carboxylic acids is 1. The second-order valence-corrected chi connectivity index (χ2v) is 8.84. The van der Waals surface area contributed by atoms with Gasteiger partial charge in [0.25, 0.3) is 0 Å². The Kier molecular flexibility index (Phi) is 4.56. The van der Waals surface area contributed by atoms with Crippen molar-refractivity contribution < 1.29 is 17.9 Å². The smallest absolute Gasteiger partial charge is 0.244 e. The van der Waals surface area contributed by atoms with Crippen LogP contribution in [0.2, 0.25) is 0 Å². The largest absolute Gasteiger partial charge is 0.378 e. The highest BCUT2D eigenvalue weighted by Crippen LogP contribution is 2.45. The van der Waals surface area contributed by atoms with Gasteiger partial charge in [-0.15, -0.1) is 0 Å². The van der Waals surface area contributed by atoms with Crippen molar-refractivity contribution in [1.82, 2.24) is 9.21 Å². The molecule has 0 N–H and O–H groups in total. The minimum absolute atomic E-state index is 0.0138. The molecule has 2 aliphatic heterocycles. The van der Waals surface area contributed by atoms with E-state index < -0.39 is 10.0 Å². The molecule has 1 aromatic rings. The highest BCUT2D eigenvalue weighted by Gasteiger charge is 2.47. The molecule has 2 fully saturated rings. The Labute approximate surface area is 148 Å². The van der Waals surface area contributed by atoms with Gasteiger partial charge in [-0.25, -0.2) is 8.42 Å². The first-order valence-corrected chi connectivity index (χ1v) is 10.5. The van der Waals surface area contributed by atoms with E-state index in [2.05, 4.69) is 0 Å². The van der Waals surface area contributed by atoms with Crippen molar-refractivity contribution in [3.63, 3.8) is 0 Å². The lowest BCUT2D eigenvalue weighted by Crippen LogP contribution is -2.43. The summed E-state index contributed by atoms with van der Waals surface area (Å²) >= 11 is 0. The van der Waals surface area contributed by atoms with E-state index in [0.29, 0.717) is 31.2 Å². The lowest BCUT2D eigenvalue weighted by atomic mass is 10.0. The Morgan fingerprint density at radius 1 is 1.12 bits per heavy atom. The average molecular weight is 364 g/mol. The van der Waals surface area contributed by atoms with Crippen LogP contribution in [0.25, 0.3) is 0 Å². The summed E-state index contributed by atoms with van der Waals surface area (Å²) in [5, 5.41) is 0. The van der Waals surface area contributed by atoms with E-state index >= 15 is 0 Å². The van der Waals surface area contributed by atoms with E-state index in [0.717, 1.165) is 31.2 Å². The van der Waals surface area contributed by atoms with Crippen LogP contribution in [0.4, 0.5) is 0 Å². The zero-order valence-corrected chi connectivity index (χ0v) is 15.1. The number of amides is 1. The van der Waals surface area contributed by atoms with Crippen LogP contribution in [0, 0.1) is 0 Å². The maximum atomic E-state index is 13.1. The van der Waals surface area contributed by atoms with Crippen molar-refractivity contribution in [2.75, 3.05) is 26.3 Å². The summed E-state index contributed by atoms with van der Waals surface area (Å²) in [6, 6.07) is 6.79. The third-order valence-corrected chi connectivity index (χ3v) is 7.59. The Bertz CT molecular complexity index is 752. The van der Waals surface area contributed by atoms with Crippen molar-refractivity contribution in [3.05, 3.63) is 29.8 Å². The fourth-order valence-electron chi connectivity index (χ4n) is 4.33. The van der Waals surface area contributed by atoms with Crippen LogP contribution >= 0.6 is 0 Å². The van der Waals surface area contributed by atoms with Gasteiger partial charge in [0.05, 0.1) is 24.2 Å². The standard InChI is InChI=1S/C18H24N2O4S/c21-18(19-9-11-24-12-10-19)13-16-15-7-3-4-8-17(15)25(22,23)20(16)14-5-1-2-6-14/h3-4,7-8,14,16H,1-2,5-6,9-13H2. The van der Waals surface area contributed by atoms with E-state index in [-0.39, 0.29) is 24.4 Å². The lowest BCUT2D eigenvalue weighted by molar-refractivity contribution is -0.136. The molecule has 1 amide bonds. The first-order chi connectivity index (χ1) is 12.1. The molecule has 2 heterocycles. The first-order valence-electron chi connectivity index (χ1n) is 9.07. The van der Waals surface area contributed by atoms with Crippen LogP contribution in [0.1, 0.15) is 43.7 Å². The van der Waals surface area contributed by atoms with Gasteiger partial charge in [0.2, 0.25) is 15.9 Å². The van der Waals surface area contributed by atoms with Crippen molar-refractivity contribution in [1.29, 1.82) is 0 Å². The molecule has 25 heavy (non-hydrogen) atoms. The maximum absolute atomic E-state index is 13.1. The van der Waals surface area contributed by atoms with Crippen molar-refractivity contribution in [2.45, 2.75) is 49.1 Å². The van der Waals surface area contributed by atoms with Crippen LogP contribution in [0.5, 0.6) is 0 Å². The molecule has 0 aromatic heterocycles. The van der Waals surface area contributed by atoms with Crippen LogP contribution in [-0.4, -0.2) is 55.9 Å². The molecule has 3 aliphatic rings. The van der Waals surface area contributed by atoms with Crippen molar-refractivity contribution in [3.8, 4) is 0 Å². The summed E-state index contributed by atoms with van der Waals surface area (Å²) in [5.41, 5.74) is 0.774.